The van der Waals surface area contributed by atoms with Gasteiger partial charge in [-0.15, -0.1) is 0 Å². The lowest BCUT2D eigenvalue weighted by molar-refractivity contribution is -0.135. The van der Waals surface area contributed by atoms with Crippen LogP contribution < -0.4 is 10.4 Å². The van der Waals surface area contributed by atoms with Gasteiger partial charge in [-0.2, -0.15) is 0 Å². The van der Waals surface area contributed by atoms with Crippen molar-refractivity contribution >= 4 is 11.9 Å². The summed E-state index contributed by atoms with van der Waals surface area (Å²) < 4.78 is 0. The van der Waals surface area contributed by atoms with E-state index in [-0.39, 0.29) is 11.9 Å². The first-order chi connectivity index (χ1) is 9.18. The predicted molar refractivity (Wildman–Crippen MR) is 71.3 cm³/mol. The van der Waals surface area contributed by atoms with Crippen LogP contribution in [0.2, 0.25) is 0 Å². The molecule has 0 radical (unpaired) electrons. The van der Waals surface area contributed by atoms with E-state index in [4.69, 9.17) is 4.84 Å². The summed E-state index contributed by atoms with van der Waals surface area (Å²) in [6.07, 6.45) is 5.13. The lowest BCUT2D eigenvalue weighted by Crippen LogP contribution is -2.44. The number of nitrogens with zero attached hydrogens (tertiary/aromatic N) is 3. The Morgan fingerprint density at radius 1 is 1.53 bits per heavy atom. The van der Waals surface area contributed by atoms with E-state index in [0.717, 1.165) is 19.4 Å². The number of rotatable bonds is 5. The molecule has 1 atom stereocenters. The van der Waals surface area contributed by atoms with Crippen LogP contribution in [0.4, 0.5) is 5.95 Å². The Balaban J connectivity index is 1.93. The lowest BCUT2D eigenvalue weighted by Gasteiger charge is -2.23. The average Bonchev–Trinajstić information content (AvgIpc) is 2.88. The van der Waals surface area contributed by atoms with Gasteiger partial charge in [0.25, 0.3) is 5.91 Å². The van der Waals surface area contributed by atoms with Gasteiger partial charge in [0.1, 0.15) is 6.04 Å². The van der Waals surface area contributed by atoms with Gasteiger partial charge in [0.2, 0.25) is 5.95 Å². The molecule has 1 saturated heterocycles. The Morgan fingerprint density at radius 2 is 2.26 bits per heavy atom. The molecule has 6 heteroatoms. The quantitative estimate of drug-likeness (QED) is 0.808. The van der Waals surface area contributed by atoms with Gasteiger partial charge in [-0.1, -0.05) is 13.8 Å². The summed E-state index contributed by atoms with van der Waals surface area (Å²) in [6.45, 7) is 5.38. The van der Waals surface area contributed by atoms with Crippen LogP contribution >= 0.6 is 0 Å². The van der Waals surface area contributed by atoms with E-state index in [2.05, 4.69) is 15.4 Å². The van der Waals surface area contributed by atoms with Gasteiger partial charge in [-0.25, -0.2) is 15.4 Å². The van der Waals surface area contributed by atoms with Crippen molar-refractivity contribution in [1.29, 1.82) is 0 Å². The number of anilines is 1. The molecule has 0 aliphatic carbocycles. The average molecular weight is 264 g/mol. The third kappa shape index (κ3) is 3.64. The van der Waals surface area contributed by atoms with Crippen molar-refractivity contribution in [3.63, 3.8) is 0 Å². The molecular formula is C13H20N4O2. The minimum Gasteiger partial charge on any atom is -0.329 e. The third-order valence-corrected chi connectivity index (χ3v) is 2.95. The monoisotopic (exact) mass is 264 g/mol. The van der Waals surface area contributed by atoms with Crippen molar-refractivity contribution in [2.24, 2.45) is 5.92 Å². The van der Waals surface area contributed by atoms with Gasteiger partial charge in [-0.3, -0.25) is 9.63 Å². The highest BCUT2D eigenvalue weighted by Crippen LogP contribution is 2.21. The van der Waals surface area contributed by atoms with E-state index < -0.39 is 0 Å². The minimum absolute atomic E-state index is 0.120. The highest BCUT2D eigenvalue weighted by atomic mass is 16.7. The molecule has 1 aliphatic heterocycles. The number of amides is 1. The third-order valence-electron chi connectivity index (χ3n) is 2.95. The fourth-order valence-electron chi connectivity index (χ4n) is 2.07. The van der Waals surface area contributed by atoms with Gasteiger partial charge >= 0.3 is 0 Å². The zero-order valence-corrected chi connectivity index (χ0v) is 11.4. The van der Waals surface area contributed by atoms with E-state index in [1.165, 1.54) is 0 Å². The van der Waals surface area contributed by atoms with Gasteiger partial charge in [-0.05, 0) is 24.8 Å². The Hall–Kier alpha value is -1.69. The number of aromatic nitrogens is 2. The summed E-state index contributed by atoms with van der Waals surface area (Å²) in [6, 6.07) is 1.52. The minimum atomic E-state index is -0.241. The molecule has 1 aromatic heterocycles. The van der Waals surface area contributed by atoms with Crippen molar-refractivity contribution < 1.29 is 9.63 Å². The van der Waals surface area contributed by atoms with E-state index >= 15 is 0 Å². The summed E-state index contributed by atoms with van der Waals surface area (Å²) in [5.41, 5.74) is 2.52. The summed E-state index contributed by atoms with van der Waals surface area (Å²) in [7, 11) is 0. The first kappa shape index (κ1) is 13.7. The molecule has 1 fully saturated rings. The first-order valence-electron chi connectivity index (χ1n) is 6.64. The zero-order chi connectivity index (χ0) is 13.7. The number of hydrogen-bond donors (Lipinski definition) is 1. The summed E-state index contributed by atoms with van der Waals surface area (Å²) in [5.74, 6) is 0.868. The second kappa shape index (κ2) is 6.47. The Bertz CT molecular complexity index is 410. The predicted octanol–water partition coefficient (Wildman–Crippen LogP) is 1.15. The number of nitrogens with one attached hydrogen (secondary N) is 1. The molecule has 1 amide bonds. The Kier molecular flexibility index (Phi) is 4.68. The molecule has 0 aromatic carbocycles. The van der Waals surface area contributed by atoms with Crippen molar-refractivity contribution in [2.45, 2.75) is 32.7 Å². The summed E-state index contributed by atoms with van der Waals surface area (Å²) in [4.78, 5) is 27.6. The standard InChI is InChI=1S/C13H20N4O2/c1-10(2)9-19-16-12(18)11-5-3-8-17(11)13-14-6-4-7-15-13/h4,6-7,10-11H,3,5,8-9H2,1-2H3,(H,16,18). The zero-order valence-electron chi connectivity index (χ0n) is 11.4. The number of carbonyl (C=O) groups is 1. The molecule has 0 saturated carbocycles. The maximum Gasteiger partial charge on any atom is 0.266 e. The molecule has 1 aromatic rings. The van der Waals surface area contributed by atoms with E-state index in [1.54, 1.807) is 18.5 Å². The number of carbonyl (C=O) groups excluding carboxylic acids is 1. The maximum atomic E-state index is 12.1. The van der Waals surface area contributed by atoms with Crippen LogP contribution in [0.25, 0.3) is 0 Å². The fraction of sp³-hybridized carbons (Fsp3) is 0.615. The number of hydrogen-bond acceptors (Lipinski definition) is 5. The van der Waals surface area contributed by atoms with Crippen LogP contribution in [0.3, 0.4) is 0 Å². The Morgan fingerprint density at radius 3 is 2.95 bits per heavy atom. The first-order valence-corrected chi connectivity index (χ1v) is 6.64. The van der Waals surface area contributed by atoms with Gasteiger partial charge in [0.05, 0.1) is 6.61 Å². The molecule has 104 valence electrons. The van der Waals surface area contributed by atoms with Crippen molar-refractivity contribution in [3.05, 3.63) is 18.5 Å². The van der Waals surface area contributed by atoms with Crippen LogP contribution in [-0.2, 0) is 9.63 Å². The highest BCUT2D eigenvalue weighted by molar-refractivity contribution is 5.84. The molecular weight excluding hydrogens is 244 g/mol. The maximum absolute atomic E-state index is 12.1. The van der Waals surface area contributed by atoms with E-state index in [1.807, 2.05) is 18.7 Å². The van der Waals surface area contributed by atoms with Crippen LogP contribution in [-0.4, -0.2) is 35.1 Å². The van der Waals surface area contributed by atoms with Gasteiger partial charge in [0, 0.05) is 18.9 Å². The van der Waals surface area contributed by atoms with Crippen molar-refractivity contribution in [2.75, 3.05) is 18.1 Å². The van der Waals surface area contributed by atoms with E-state index in [0.29, 0.717) is 18.5 Å². The molecule has 0 spiro atoms. The van der Waals surface area contributed by atoms with Crippen molar-refractivity contribution in [3.8, 4) is 0 Å². The lowest BCUT2D eigenvalue weighted by atomic mass is 10.2. The summed E-state index contributed by atoms with van der Waals surface area (Å²) >= 11 is 0. The Labute approximate surface area is 113 Å². The molecule has 6 nitrogen and oxygen atoms in total. The van der Waals surface area contributed by atoms with Crippen LogP contribution in [0, 0.1) is 5.92 Å². The fourth-order valence-corrected chi connectivity index (χ4v) is 2.07. The molecule has 1 N–H and O–H groups in total. The van der Waals surface area contributed by atoms with Crippen LogP contribution in [0.5, 0.6) is 0 Å². The largest absolute Gasteiger partial charge is 0.329 e. The molecule has 2 heterocycles. The van der Waals surface area contributed by atoms with Gasteiger partial charge in [0.15, 0.2) is 0 Å². The topological polar surface area (TPSA) is 67.3 Å². The number of hydroxylamine groups is 1. The van der Waals surface area contributed by atoms with Crippen LogP contribution in [0.1, 0.15) is 26.7 Å². The van der Waals surface area contributed by atoms with E-state index in [9.17, 15) is 4.79 Å². The second-order valence-corrected chi connectivity index (χ2v) is 5.07. The van der Waals surface area contributed by atoms with Crippen LogP contribution in [0.15, 0.2) is 18.5 Å². The molecule has 19 heavy (non-hydrogen) atoms. The molecule has 1 aliphatic rings. The summed E-state index contributed by atoms with van der Waals surface area (Å²) in [5, 5.41) is 0. The SMILES string of the molecule is CC(C)CONC(=O)C1CCCN1c1ncccn1. The second-order valence-electron chi connectivity index (χ2n) is 5.07. The molecule has 2 rings (SSSR count). The highest BCUT2D eigenvalue weighted by Gasteiger charge is 2.32. The smallest absolute Gasteiger partial charge is 0.266 e. The normalized spacial score (nSPS) is 18.9. The molecule has 0 bridgehead atoms. The molecule has 1 unspecified atom stereocenters. The van der Waals surface area contributed by atoms with Gasteiger partial charge < -0.3 is 4.90 Å². The van der Waals surface area contributed by atoms with Crippen molar-refractivity contribution in [1.82, 2.24) is 15.4 Å².